The molecular formula is C31H37BN2O2. The average Bonchev–Trinajstić information content (AvgIpc) is 3.67. The van der Waals surface area contributed by atoms with Crippen LogP contribution in [0.3, 0.4) is 0 Å². The Balaban J connectivity index is 1.22. The molecule has 3 fully saturated rings. The van der Waals surface area contributed by atoms with Gasteiger partial charge in [0.15, 0.2) is 0 Å². The Hall–Kier alpha value is -2.37. The van der Waals surface area contributed by atoms with Gasteiger partial charge in [-0.2, -0.15) is 0 Å². The first-order valence-electron chi connectivity index (χ1n) is 14.0. The monoisotopic (exact) mass is 480 g/mol. The largest absolute Gasteiger partial charge is 0.495 e. The van der Waals surface area contributed by atoms with Crippen LogP contribution in [0, 0.1) is 0 Å². The first-order chi connectivity index (χ1) is 17.3. The number of fused-ring (bicyclic) bond motifs is 5. The minimum Gasteiger partial charge on any atom is -0.399 e. The Morgan fingerprint density at radius 3 is 2.11 bits per heavy atom. The van der Waals surface area contributed by atoms with Crippen molar-refractivity contribution in [2.24, 2.45) is 0 Å². The second kappa shape index (κ2) is 8.07. The number of H-pyrrole nitrogens is 1. The van der Waals surface area contributed by atoms with E-state index < -0.39 is 0 Å². The molecule has 36 heavy (non-hydrogen) atoms. The van der Waals surface area contributed by atoms with E-state index in [1.807, 2.05) is 6.20 Å². The van der Waals surface area contributed by atoms with Crippen molar-refractivity contribution in [3.8, 4) is 22.4 Å². The zero-order chi connectivity index (χ0) is 24.7. The van der Waals surface area contributed by atoms with E-state index in [0.717, 1.165) is 5.69 Å². The second-order valence-corrected chi connectivity index (χ2v) is 12.6. The third-order valence-electron chi connectivity index (χ3n) is 9.92. The van der Waals surface area contributed by atoms with Crippen molar-refractivity contribution in [1.29, 1.82) is 0 Å². The summed E-state index contributed by atoms with van der Waals surface area (Å²) in [6.07, 6.45) is 11.1. The predicted molar refractivity (Wildman–Crippen MR) is 146 cm³/mol. The number of hydrogen-bond acceptors (Lipinski definition) is 3. The summed E-state index contributed by atoms with van der Waals surface area (Å²) < 4.78 is 13.0. The zero-order valence-corrected chi connectivity index (χ0v) is 22.1. The molecule has 1 aliphatic heterocycles. The lowest BCUT2D eigenvalue weighted by Gasteiger charge is -2.32. The Morgan fingerprint density at radius 1 is 0.778 bits per heavy atom. The summed E-state index contributed by atoms with van der Waals surface area (Å²) in [5.41, 5.74) is 8.72. The fraction of sp³-hybridized carbons (Fsp3) is 0.516. The van der Waals surface area contributed by atoms with E-state index in [9.17, 15) is 0 Å². The Morgan fingerprint density at radius 2 is 1.42 bits per heavy atom. The van der Waals surface area contributed by atoms with Crippen LogP contribution < -0.4 is 5.46 Å². The number of benzene rings is 2. The molecule has 4 aliphatic rings. The van der Waals surface area contributed by atoms with Gasteiger partial charge in [-0.15, -0.1) is 0 Å². The molecule has 7 rings (SSSR count). The first kappa shape index (κ1) is 22.8. The quantitative estimate of drug-likeness (QED) is 0.407. The van der Waals surface area contributed by atoms with Gasteiger partial charge in [-0.3, -0.25) is 0 Å². The Bertz CT molecular complexity index is 1290. The maximum atomic E-state index is 6.50. The highest BCUT2D eigenvalue weighted by molar-refractivity contribution is 6.62. The zero-order valence-electron chi connectivity index (χ0n) is 22.1. The van der Waals surface area contributed by atoms with E-state index in [1.165, 1.54) is 78.5 Å². The maximum Gasteiger partial charge on any atom is 0.495 e. The van der Waals surface area contributed by atoms with Gasteiger partial charge in [0.05, 0.1) is 23.1 Å². The van der Waals surface area contributed by atoms with E-state index in [2.05, 4.69) is 69.1 Å². The van der Waals surface area contributed by atoms with Crippen molar-refractivity contribution in [3.63, 3.8) is 0 Å². The first-order valence-corrected chi connectivity index (χ1v) is 14.0. The highest BCUT2D eigenvalue weighted by atomic mass is 16.7. The number of imidazole rings is 1. The molecule has 1 saturated heterocycles. The summed E-state index contributed by atoms with van der Waals surface area (Å²) in [5, 5.41) is 0. The lowest BCUT2D eigenvalue weighted by molar-refractivity contribution is 0.00578. The van der Waals surface area contributed by atoms with Gasteiger partial charge in [-0.05, 0) is 105 Å². The van der Waals surface area contributed by atoms with Gasteiger partial charge in [0.2, 0.25) is 0 Å². The second-order valence-electron chi connectivity index (χ2n) is 12.6. The van der Waals surface area contributed by atoms with Crippen LogP contribution in [0.2, 0.25) is 0 Å². The molecule has 3 aliphatic carbocycles. The van der Waals surface area contributed by atoms with Crippen LogP contribution in [0.1, 0.15) is 107 Å². The van der Waals surface area contributed by atoms with Crippen LogP contribution in [0.5, 0.6) is 0 Å². The summed E-state index contributed by atoms with van der Waals surface area (Å²) in [5.74, 6) is 3.07. The lowest BCUT2D eigenvalue weighted by atomic mass is 9.70. The predicted octanol–water partition coefficient (Wildman–Crippen LogP) is 7.07. The van der Waals surface area contributed by atoms with E-state index in [4.69, 9.17) is 14.3 Å². The summed E-state index contributed by atoms with van der Waals surface area (Å²) >= 11 is 0. The van der Waals surface area contributed by atoms with Gasteiger partial charge in [0, 0.05) is 5.92 Å². The summed E-state index contributed by atoms with van der Waals surface area (Å²) in [4.78, 5) is 8.32. The molecule has 2 heterocycles. The molecule has 0 radical (unpaired) electrons. The fourth-order valence-electron chi connectivity index (χ4n) is 7.20. The Labute approximate surface area is 215 Å². The molecule has 2 atom stereocenters. The average molecular weight is 480 g/mol. The third kappa shape index (κ3) is 3.46. The molecule has 186 valence electrons. The highest BCUT2D eigenvalue weighted by Gasteiger charge is 2.53. The van der Waals surface area contributed by atoms with Crippen molar-refractivity contribution >= 4 is 12.6 Å². The molecule has 3 aromatic rings. The van der Waals surface area contributed by atoms with Crippen molar-refractivity contribution in [2.45, 2.75) is 102 Å². The van der Waals surface area contributed by atoms with E-state index in [0.29, 0.717) is 17.8 Å². The number of aromatic amines is 1. The van der Waals surface area contributed by atoms with Gasteiger partial charge in [0.25, 0.3) is 0 Å². The number of nitrogens with zero attached hydrogens (tertiary/aromatic N) is 1. The molecule has 0 amide bonds. The molecule has 2 bridgehead atoms. The van der Waals surface area contributed by atoms with Gasteiger partial charge < -0.3 is 14.3 Å². The molecule has 4 nitrogen and oxygen atoms in total. The summed E-state index contributed by atoms with van der Waals surface area (Å²) in [7, 11) is -0.283. The normalized spacial score (nSPS) is 26.2. The summed E-state index contributed by atoms with van der Waals surface area (Å²) in [6.45, 7) is 8.58. The highest BCUT2D eigenvalue weighted by Crippen LogP contribution is 2.55. The van der Waals surface area contributed by atoms with Crippen molar-refractivity contribution < 1.29 is 9.31 Å². The minimum absolute atomic E-state index is 0.283. The van der Waals surface area contributed by atoms with Crippen molar-refractivity contribution in [2.75, 3.05) is 0 Å². The van der Waals surface area contributed by atoms with Crippen LogP contribution in [-0.2, 0) is 9.31 Å². The molecule has 0 spiro atoms. The van der Waals surface area contributed by atoms with Crippen LogP contribution in [0.25, 0.3) is 22.4 Å². The van der Waals surface area contributed by atoms with Crippen LogP contribution in [-0.4, -0.2) is 28.3 Å². The third-order valence-corrected chi connectivity index (χ3v) is 9.92. The van der Waals surface area contributed by atoms with E-state index in [1.54, 1.807) is 5.56 Å². The van der Waals surface area contributed by atoms with Gasteiger partial charge in [-0.25, -0.2) is 4.98 Å². The van der Waals surface area contributed by atoms with Crippen molar-refractivity contribution in [3.05, 3.63) is 59.5 Å². The van der Waals surface area contributed by atoms with Gasteiger partial charge in [0.1, 0.15) is 5.82 Å². The smallest absolute Gasteiger partial charge is 0.399 e. The standard InChI is InChI=1S/C31H37BN2O2/c1-30(2)31(3,4)36-32(35-30)25-16-15-24(27-22-13-14-23(17-22)28(25)27)19-9-11-20(12-10-19)26-18-33-29(34-26)21-7-5-6-8-21/h9-12,15-16,18,21-23H,5-8,13-14,17H2,1-4H3,(H,33,34). The SMILES string of the molecule is CC1(C)OB(c2ccc(-c3ccc(-c4cnc(C5CCCC5)[nH]4)cc3)c3c2C2CCC3C2)OC1(C)C. The van der Waals surface area contributed by atoms with Crippen LogP contribution >= 0.6 is 0 Å². The molecule has 2 saturated carbocycles. The molecule has 1 N–H and O–H groups in total. The molecule has 5 heteroatoms. The van der Waals surface area contributed by atoms with Crippen LogP contribution in [0.15, 0.2) is 42.6 Å². The van der Waals surface area contributed by atoms with Crippen molar-refractivity contribution in [1.82, 2.24) is 9.97 Å². The number of aromatic nitrogens is 2. The minimum atomic E-state index is -0.318. The number of hydrogen-bond donors (Lipinski definition) is 1. The summed E-state index contributed by atoms with van der Waals surface area (Å²) in [6, 6.07) is 13.7. The molecular weight excluding hydrogens is 443 g/mol. The van der Waals surface area contributed by atoms with Gasteiger partial charge in [-0.1, -0.05) is 49.2 Å². The van der Waals surface area contributed by atoms with E-state index in [-0.39, 0.29) is 18.3 Å². The Kier molecular flexibility index (Phi) is 5.11. The molecule has 1 aromatic heterocycles. The maximum absolute atomic E-state index is 6.50. The fourth-order valence-corrected chi connectivity index (χ4v) is 7.20. The molecule has 2 aromatic carbocycles. The lowest BCUT2D eigenvalue weighted by Crippen LogP contribution is -2.41. The van der Waals surface area contributed by atoms with Crippen LogP contribution in [0.4, 0.5) is 0 Å². The number of nitrogens with one attached hydrogen (secondary N) is 1. The van der Waals surface area contributed by atoms with E-state index >= 15 is 0 Å². The topological polar surface area (TPSA) is 47.1 Å². The van der Waals surface area contributed by atoms with Gasteiger partial charge >= 0.3 is 7.12 Å². The molecule has 2 unspecified atom stereocenters. The number of rotatable bonds is 4.